The number of amides is 3. The molecule has 3 amide bonds. The number of nitrogens with one attached hydrogen (secondary N) is 1. The number of hydrogen-bond acceptors (Lipinski definition) is 7. The number of hydrogen-bond donors (Lipinski definition) is 1. The molecule has 0 fully saturated rings. The summed E-state index contributed by atoms with van der Waals surface area (Å²) in [5.74, 6) is -1.81. The van der Waals surface area contributed by atoms with Crippen LogP contribution in [0.4, 0.5) is 11.4 Å². The van der Waals surface area contributed by atoms with Crippen LogP contribution in [-0.4, -0.2) is 39.2 Å². The van der Waals surface area contributed by atoms with Crippen molar-refractivity contribution in [3.63, 3.8) is 0 Å². The predicted molar refractivity (Wildman–Crippen MR) is 108 cm³/mol. The maximum Gasteiger partial charge on any atom is 0.419 e. The molecule has 0 spiro atoms. The summed E-state index contributed by atoms with van der Waals surface area (Å²) in [7, 11) is 1.39. The van der Waals surface area contributed by atoms with Crippen molar-refractivity contribution in [2.75, 3.05) is 12.4 Å². The van der Waals surface area contributed by atoms with Crippen molar-refractivity contribution in [1.29, 1.82) is 0 Å². The van der Waals surface area contributed by atoms with Gasteiger partial charge in [-0.15, -0.1) is 0 Å². The monoisotopic (exact) mass is 424 g/mol. The Labute approximate surface area is 174 Å². The number of carbonyl (C=O) groups excluding carboxylic acids is 3. The summed E-state index contributed by atoms with van der Waals surface area (Å²) in [5.41, 5.74) is 1.23. The maximum atomic E-state index is 12.3. The van der Waals surface area contributed by atoms with E-state index in [4.69, 9.17) is 4.42 Å². The van der Waals surface area contributed by atoms with Crippen LogP contribution in [0.3, 0.4) is 0 Å². The van der Waals surface area contributed by atoms with Crippen molar-refractivity contribution in [2.45, 2.75) is 19.4 Å². The number of non-ortho nitro benzene ring substituents is 1. The minimum atomic E-state index is -0.665. The average Bonchev–Trinajstić information content (AvgIpc) is 3.16. The number of rotatable bonds is 6. The van der Waals surface area contributed by atoms with E-state index in [1.54, 1.807) is 6.07 Å². The number of anilines is 1. The third-order valence-corrected chi connectivity index (χ3v) is 5.02. The Morgan fingerprint density at radius 1 is 1.10 bits per heavy atom. The van der Waals surface area contributed by atoms with E-state index < -0.39 is 16.6 Å². The van der Waals surface area contributed by atoms with Gasteiger partial charge >= 0.3 is 5.76 Å². The molecular weight excluding hydrogens is 408 g/mol. The summed E-state index contributed by atoms with van der Waals surface area (Å²) < 4.78 is 6.36. The van der Waals surface area contributed by atoms with Crippen molar-refractivity contribution < 1.29 is 23.7 Å². The second-order valence-electron chi connectivity index (χ2n) is 7.01. The summed E-state index contributed by atoms with van der Waals surface area (Å²) in [6.45, 7) is 0.180. The quantitative estimate of drug-likeness (QED) is 0.362. The Morgan fingerprint density at radius 3 is 2.58 bits per heavy atom. The van der Waals surface area contributed by atoms with Crippen LogP contribution in [0, 0.1) is 10.1 Å². The standard InChI is InChI=1S/C20H16N4O7/c1-22-18(26)13-6-4-11(9-14(13)19(22)27)21-17(25)3-2-8-23-15-7-5-12(24(29)30)10-16(15)31-20(23)28/h4-7,9-10H,2-3,8H2,1H3,(H,21,25). The predicted octanol–water partition coefficient (Wildman–Crippen LogP) is 2.15. The molecule has 2 heterocycles. The van der Waals surface area contributed by atoms with Gasteiger partial charge < -0.3 is 9.73 Å². The summed E-state index contributed by atoms with van der Waals surface area (Å²) in [6.07, 6.45) is 0.387. The number of oxazole rings is 1. The molecule has 1 aliphatic rings. The molecule has 1 aromatic heterocycles. The fourth-order valence-corrected chi connectivity index (χ4v) is 3.44. The highest BCUT2D eigenvalue weighted by Gasteiger charge is 2.32. The molecule has 0 saturated heterocycles. The lowest BCUT2D eigenvalue weighted by Crippen LogP contribution is -2.24. The minimum absolute atomic E-state index is 0.0793. The highest BCUT2D eigenvalue weighted by atomic mass is 16.6. The van der Waals surface area contributed by atoms with Gasteiger partial charge in [0, 0.05) is 31.8 Å². The molecule has 0 bridgehead atoms. The van der Waals surface area contributed by atoms with Gasteiger partial charge in [0.1, 0.15) is 0 Å². The van der Waals surface area contributed by atoms with Gasteiger partial charge in [-0.1, -0.05) is 0 Å². The molecule has 2 aromatic carbocycles. The van der Waals surface area contributed by atoms with Crippen molar-refractivity contribution in [3.05, 3.63) is 68.2 Å². The molecule has 0 aliphatic carbocycles. The third-order valence-electron chi connectivity index (χ3n) is 5.02. The van der Waals surface area contributed by atoms with Gasteiger partial charge in [0.05, 0.1) is 27.6 Å². The summed E-state index contributed by atoms with van der Waals surface area (Å²) in [5, 5.41) is 13.5. The van der Waals surface area contributed by atoms with E-state index in [0.29, 0.717) is 17.6 Å². The minimum Gasteiger partial charge on any atom is -0.407 e. The zero-order valence-electron chi connectivity index (χ0n) is 16.3. The van der Waals surface area contributed by atoms with Gasteiger partial charge in [-0.25, -0.2) is 4.79 Å². The van der Waals surface area contributed by atoms with Crippen molar-refractivity contribution in [1.82, 2.24) is 9.47 Å². The lowest BCUT2D eigenvalue weighted by molar-refractivity contribution is -0.384. The van der Waals surface area contributed by atoms with E-state index in [9.17, 15) is 29.3 Å². The number of carbonyl (C=O) groups is 3. The molecule has 1 aliphatic heterocycles. The van der Waals surface area contributed by atoms with Gasteiger partial charge in [0.25, 0.3) is 17.5 Å². The van der Waals surface area contributed by atoms with Crippen LogP contribution in [0.15, 0.2) is 45.6 Å². The molecule has 31 heavy (non-hydrogen) atoms. The third kappa shape index (κ3) is 3.56. The molecule has 158 valence electrons. The second kappa shape index (κ2) is 7.52. The van der Waals surface area contributed by atoms with Gasteiger partial charge in [0.2, 0.25) is 5.91 Å². The van der Waals surface area contributed by atoms with Gasteiger partial charge in [-0.05, 0) is 30.7 Å². The Morgan fingerprint density at radius 2 is 1.84 bits per heavy atom. The number of imide groups is 1. The summed E-state index contributed by atoms with van der Waals surface area (Å²) >= 11 is 0. The van der Waals surface area contributed by atoms with Crippen LogP contribution in [-0.2, 0) is 11.3 Å². The van der Waals surface area contributed by atoms with Crippen LogP contribution < -0.4 is 11.1 Å². The molecule has 0 unspecified atom stereocenters. The smallest absolute Gasteiger partial charge is 0.407 e. The number of nitrogens with zero attached hydrogens (tertiary/aromatic N) is 3. The van der Waals surface area contributed by atoms with E-state index in [2.05, 4.69) is 5.32 Å². The van der Waals surface area contributed by atoms with Crippen molar-refractivity contribution >= 4 is 40.2 Å². The zero-order chi connectivity index (χ0) is 22.3. The van der Waals surface area contributed by atoms with E-state index in [1.165, 1.54) is 41.9 Å². The van der Waals surface area contributed by atoms with E-state index >= 15 is 0 Å². The van der Waals surface area contributed by atoms with Gasteiger partial charge in [-0.3, -0.25) is 34.0 Å². The highest BCUT2D eigenvalue weighted by molar-refractivity contribution is 6.21. The largest absolute Gasteiger partial charge is 0.419 e. The van der Waals surface area contributed by atoms with Crippen molar-refractivity contribution in [2.24, 2.45) is 0 Å². The van der Waals surface area contributed by atoms with Crippen LogP contribution in [0.5, 0.6) is 0 Å². The number of nitro groups is 1. The lowest BCUT2D eigenvalue weighted by atomic mass is 10.1. The fraction of sp³-hybridized carbons (Fsp3) is 0.200. The molecule has 11 heteroatoms. The number of fused-ring (bicyclic) bond motifs is 2. The SMILES string of the molecule is CN1C(=O)c2ccc(NC(=O)CCCn3c(=O)oc4cc([N+](=O)[O-])ccc43)cc2C1=O. The topological polar surface area (TPSA) is 145 Å². The first kappa shape index (κ1) is 20.0. The van der Waals surface area contributed by atoms with Gasteiger partial charge in [0.15, 0.2) is 5.58 Å². The zero-order valence-corrected chi connectivity index (χ0v) is 16.3. The molecule has 4 rings (SSSR count). The number of aryl methyl sites for hydroxylation is 1. The normalized spacial score (nSPS) is 13.0. The summed E-state index contributed by atoms with van der Waals surface area (Å²) in [6, 6.07) is 8.37. The molecule has 0 radical (unpaired) electrons. The maximum absolute atomic E-state index is 12.3. The first-order chi connectivity index (χ1) is 14.8. The first-order valence-corrected chi connectivity index (χ1v) is 9.30. The Hall–Kier alpha value is -4.28. The Kier molecular flexibility index (Phi) is 4.85. The molecule has 1 N–H and O–H groups in total. The first-order valence-electron chi connectivity index (χ1n) is 9.30. The number of aromatic nitrogens is 1. The Balaban J connectivity index is 1.40. The molecular formula is C20H16N4O7. The molecule has 0 saturated carbocycles. The average molecular weight is 424 g/mol. The molecule has 0 atom stereocenters. The van der Waals surface area contributed by atoms with E-state index in [1.807, 2.05) is 0 Å². The Bertz CT molecular complexity index is 1320. The number of nitro benzene ring substituents is 1. The van der Waals surface area contributed by atoms with Crippen LogP contribution in [0.2, 0.25) is 0 Å². The number of benzene rings is 2. The van der Waals surface area contributed by atoms with Crippen LogP contribution in [0.25, 0.3) is 11.1 Å². The summed E-state index contributed by atoms with van der Waals surface area (Å²) in [4.78, 5) is 59.5. The second-order valence-corrected chi connectivity index (χ2v) is 7.01. The molecule has 3 aromatic rings. The van der Waals surface area contributed by atoms with Crippen molar-refractivity contribution in [3.8, 4) is 0 Å². The van der Waals surface area contributed by atoms with Crippen LogP contribution in [0.1, 0.15) is 33.6 Å². The lowest BCUT2D eigenvalue weighted by Gasteiger charge is -2.07. The highest BCUT2D eigenvalue weighted by Crippen LogP contribution is 2.25. The van der Waals surface area contributed by atoms with E-state index in [0.717, 1.165) is 4.90 Å². The molecule has 11 nitrogen and oxygen atoms in total. The van der Waals surface area contributed by atoms with E-state index in [-0.39, 0.29) is 47.2 Å². The van der Waals surface area contributed by atoms with Gasteiger partial charge in [-0.2, -0.15) is 0 Å². The fourth-order valence-electron chi connectivity index (χ4n) is 3.44. The van der Waals surface area contributed by atoms with Crippen LogP contribution >= 0.6 is 0 Å².